The van der Waals surface area contributed by atoms with Crippen molar-refractivity contribution >= 4 is 17.6 Å². The van der Waals surface area contributed by atoms with Crippen LogP contribution in [0.15, 0.2) is 6.33 Å². The maximum absolute atomic E-state index is 10.8. The van der Waals surface area contributed by atoms with Crippen LogP contribution < -0.4 is 4.74 Å². The minimum atomic E-state index is -1.000. The van der Waals surface area contributed by atoms with E-state index < -0.39 is 11.9 Å². The number of carbonyl (C=O) groups is 1. The van der Waals surface area contributed by atoms with E-state index in [9.17, 15) is 4.79 Å². The van der Waals surface area contributed by atoms with Crippen molar-refractivity contribution in [1.82, 2.24) is 9.97 Å². The third kappa shape index (κ3) is 1.93. The highest BCUT2D eigenvalue weighted by molar-refractivity contribution is 6.30. The Balaban J connectivity index is 3.23. The summed E-state index contributed by atoms with van der Waals surface area (Å²) in [7, 11) is 1.40. The number of rotatable bonds is 3. The Morgan fingerprint density at radius 1 is 1.64 bits per heavy atom. The molecule has 1 rings (SSSR count). The molecule has 0 aromatic carbocycles. The third-order valence-corrected chi connectivity index (χ3v) is 2.10. The first kappa shape index (κ1) is 10.7. The zero-order chi connectivity index (χ0) is 10.7. The van der Waals surface area contributed by atoms with Gasteiger partial charge in [0, 0.05) is 0 Å². The van der Waals surface area contributed by atoms with Gasteiger partial charge in [0.25, 0.3) is 0 Å². The van der Waals surface area contributed by atoms with Gasteiger partial charge in [0.15, 0.2) is 0 Å². The van der Waals surface area contributed by atoms with Gasteiger partial charge in [0.05, 0.1) is 18.6 Å². The maximum atomic E-state index is 10.8. The molecule has 0 amide bonds. The Kier molecular flexibility index (Phi) is 3.24. The number of halogens is 1. The third-order valence-electron chi connectivity index (χ3n) is 1.80. The fourth-order valence-corrected chi connectivity index (χ4v) is 1.30. The van der Waals surface area contributed by atoms with Crippen molar-refractivity contribution in [3.8, 4) is 5.88 Å². The van der Waals surface area contributed by atoms with Crippen molar-refractivity contribution in [2.24, 2.45) is 0 Å². The molecule has 5 nitrogen and oxygen atoms in total. The fraction of sp³-hybridized carbons (Fsp3) is 0.375. The predicted molar refractivity (Wildman–Crippen MR) is 49.6 cm³/mol. The van der Waals surface area contributed by atoms with Crippen LogP contribution in [0, 0.1) is 0 Å². The summed E-state index contributed by atoms with van der Waals surface area (Å²) in [5.74, 6) is -1.60. The van der Waals surface area contributed by atoms with Crippen molar-refractivity contribution in [2.45, 2.75) is 12.8 Å². The zero-order valence-electron chi connectivity index (χ0n) is 7.69. The first-order valence-corrected chi connectivity index (χ1v) is 4.23. The lowest BCUT2D eigenvalue weighted by Crippen LogP contribution is -2.11. The Hall–Kier alpha value is -1.36. The molecule has 0 aliphatic rings. The molecule has 0 saturated heterocycles. The van der Waals surface area contributed by atoms with Gasteiger partial charge in [-0.3, -0.25) is 4.79 Å². The first-order chi connectivity index (χ1) is 6.57. The summed E-state index contributed by atoms with van der Waals surface area (Å²) < 4.78 is 4.90. The van der Waals surface area contributed by atoms with E-state index >= 15 is 0 Å². The van der Waals surface area contributed by atoms with E-state index in [-0.39, 0.29) is 11.0 Å². The summed E-state index contributed by atoms with van der Waals surface area (Å²) in [5.41, 5.74) is 0.296. The number of carboxylic acid groups (broad SMARTS) is 1. The molecular formula is C8H9ClN2O3. The van der Waals surface area contributed by atoms with Crippen molar-refractivity contribution in [2.75, 3.05) is 7.11 Å². The summed E-state index contributed by atoms with van der Waals surface area (Å²) in [4.78, 5) is 18.2. The highest BCUT2D eigenvalue weighted by atomic mass is 35.5. The SMILES string of the molecule is COc1ncnc(Cl)c1C(C)C(=O)O. The summed E-state index contributed by atoms with van der Waals surface area (Å²) >= 11 is 5.75. The molecule has 14 heavy (non-hydrogen) atoms. The van der Waals surface area contributed by atoms with Crippen molar-refractivity contribution in [3.63, 3.8) is 0 Å². The normalized spacial score (nSPS) is 12.2. The van der Waals surface area contributed by atoms with E-state index in [1.54, 1.807) is 0 Å². The number of methoxy groups -OCH3 is 1. The molecule has 6 heteroatoms. The highest BCUT2D eigenvalue weighted by Crippen LogP contribution is 2.29. The molecule has 0 radical (unpaired) electrons. The fourth-order valence-electron chi connectivity index (χ4n) is 1.01. The van der Waals surface area contributed by atoms with Crippen LogP contribution in [-0.2, 0) is 4.79 Å². The van der Waals surface area contributed by atoms with Gasteiger partial charge in [-0.25, -0.2) is 9.97 Å². The van der Waals surface area contributed by atoms with Gasteiger partial charge in [-0.05, 0) is 6.92 Å². The van der Waals surface area contributed by atoms with Gasteiger partial charge >= 0.3 is 5.97 Å². The summed E-state index contributed by atoms with van der Waals surface area (Å²) in [6.07, 6.45) is 1.22. The molecular weight excluding hydrogens is 208 g/mol. The Bertz CT molecular complexity index is 356. The topological polar surface area (TPSA) is 72.3 Å². The van der Waals surface area contributed by atoms with E-state index in [0.29, 0.717) is 5.56 Å². The lowest BCUT2D eigenvalue weighted by molar-refractivity contribution is -0.138. The van der Waals surface area contributed by atoms with E-state index in [1.165, 1.54) is 20.4 Å². The van der Waals surface area contributed by atoms with Crippen LogP contribution in [0.1, 0.15) is 18.4 Å². The molecule has 1 unspecified atom stereocenters. The van der Waals surface area contributed by atoms with Gasteiger partial charge in [0.1, 0.15) is 11.5 Å². The molecule has 0 fully saturated rings. The van der Waals surface area contributed by atoms with Crippen LogP contribution >= 0.6 is 11.6 Å². The van der Waals surface area contributed by atoms with Crippen LogP contribution in [0.25, 0.3) is 0 Å². The molecule has 76 valence electrons. The smallest absolute Gasteiger partial charge is 0.311 e. The van der Waals surface area contributed by atoms with E-state index in [1.807, 2.05) is 0 Å². The quantitative estimate of drug-likeness (QED) is 0.772. The predicted octanol–water partition coefficient (Wildman–Crippen LogP) is 1.33. The number of carboxylic acids is 1. The van der Waals surface area contributed by atoms with Crippen molar-refractivity contribution in [3.05, 3.63) is 17.0 Å². The molecule has 1 atom stereocenters. The minimum Gasteiger partial charge on any atom is -0.481 e. The van der Waals surface area contributed by atoms with E-state index in [4.69, 9.17) is 21.4 Å². The number of nitrogens with zero attached hydrogens (tertiary/aromatic N) is 2. The highest BCUT2D eigenvalue weighted by Gasteiger charge is 2.23. The molecule has 1 heterocycles. The molecule has 0 spiro atoms. The van der Waals surface area contributed by atoms with Gasteiger partial charge in [-0.1, -0.05) is 11.6 Å². The average molecular weight is 217 g/mol. The van der Waals surface area contributed by atoms with Crippen LogP contribution in [0.3, 0.4) is 0 Å². The van der Waals surface area contributed by atoms with E-state index in [2.05, 4.69) is 9.97 Å². The molecule has 0 saturated carbocycles. The van der Waals surface area contributed by atoms with Crippen LogP contribution in [0.2, 0.25) is 5.15 Å². The second kappa shape index (κ2) is 4.23. The summed E-state index contributed by atoms with van der Waals surface area (Å²) in [5, 5.41) is 8.91. The number of hydrogen-bond donors (Lipinski definition) is 1. The molecule has 1 aromatic heterocycles. The monoisotopic (exact) mass is 216 g/mol. The summed E-state index contributed by atoms with van der Waals surface area (Å²) in [6, 6.07) is 0. The standard InChI is InChI=1S/C8H9ClN2O3/c1-4(8(12)13)5-6(9)10-3-11-7(5)14-2/h3-4H,1-2H3,(H,12,13). The van der Waals surface area contributed by atoms with Crippen LogP contribution in [0.5, 0.6) is 5.88 Å². The Morgan fingerprint density at radius 2 is 2.29 bits per heavy atom. The Morgan fingerprint density at radius 3 is 2.79 bits per heavy atom. The molecule has 0 bridgehead atoms. The van der Waals surface area contributed by atoms with Gasteiger partial charge in [-0.15, -0.1) is 0 Å². The lowest BCUT2D eigenvalue weighted by atomic mass is 10.0. The number of ether oxygens (including phenoxy) is 1. The number of aromatic nitrogens is 2. The first-order valence-electron chi connectivity index (χ1n) is 3.85. The Labute approximate surface area is 85.7 Å². The van der Waals surface area contributed by atoms with Gasteiger partial charge < -0.3 is 9.84 Å². The second-order valence-electron chi connectivity index (χ2n) is 2.65. The van der Waals surface area contributed by atoms with E-state index in [0.717, 1.165) is 0 Å². The van der Waals surface area contributed by atoms with Crippen molar-refractivity contribution < 1.29 is 14.6 Å². The molecule has 1 N–H and O–H groups in total. The molecule has 0 aliphatic carbocycles. The van der Waals surface area contributed by atoms with Gasteiger partial charge in [-0.2, -0.15) is 0 Å². The molecule has 0 aliphatic heterocycles. The van der Waals surface area contributed by atoms with Gasteiger partial charge in [0.2, 0.25) is 5.88 Å². The maximum Gasteiger partial charge on any atom is 0.311 e. The largest absolute Gasteiger partial charge is 0.481 e. The average Bonchev–Trinajstić information content (AvgIpc) is 2.16. The number of aliphatic carboxylic acids is 1. The molecule has 1 aromatic rings. The minimum absolute atomic E-state index is 0.103. The van der Waals surface area contributed by atoms with Crippen LogP contribution in [-0.4, -0.2) is 28.2 Å². The lowest BCUT2D eigenvalue weighted by Gasteiger charge is -2.11. The summed E-state index contributed by atoms with van der Waals surface area (Å²) in [6.45, 7) is 1.50. The zero-order valence-corrected chi connectivity index (χ0v) is 8.45. The van der Waals surface area contributed by atoms with Crippen molar-refractivity contribution in [1.29, 1.82) is 0 Å². The van der Waals surface area contributed by atoms with Crippen LogP contribution in [0.4, 0.5) is 0 Å². The second-order valence-corrected chi connectivity index (χ2v) is 3.01. The number of hydrogen-bond acceptors (Lipinski definition) is 4.